The first kappa shape index (κ1) is 21.0. The number of benzene rings is 1. The van der Waals surface area contributed by atoms with Gasteiger partial charge < -0.3 is 10.4 Å². The van der Waals surface area contributed by atoms with E-state index in [1.165, 1.54) is 5.56 Å². The molecule has 1 aliphatic rings. The van der Waals surface area contributed by atoms with Crippen molar-refractivity contribution >= 4 is 11.9 Å². The minimum atomic E-state index is -0.919. The normalized spacial score (nSPS) is 16.3. The second kappa shape index (κ2) is 10.7. The van der Waals surface area contributed by atoms with Gasteiger partial charge in [0.15, 0.2) is 0 Å². The minimum Gasteiger partial charge on any atom is -0.481 e. The van der Waals surface area contributed by atoms with Gasteiger partial charge in [0, 0.05) is 64.6 Å². The number of amides is 1. The van der Waals surface area contributed by atoms with Crippen LogP contribution in [-0.2, 0) is 22.7 Å². The Morgan fingerprint density at radius 2 is 1.69 bits per heavy atom. The Balaban J connectivity index is 1.42. The summed E-state index contributed by atoms with van der Waals surface area (Å²) in [6.07, 6.45) is 3.64. The van der Waals surface area contributed by atoms with Gasteiger partial charge in [-0.05, 0) is 17.2 Å². The molecule has 0 saturated carbocycles. The number of aromatic nitrogens is 1. The molecule has 0 spiro atoms. The standard InChI is InChI=1S/C22H28N4O3/c27-21(24-15-18-5-2-1-3-6-18)13-20(22(28)29)17-26-11-9-25(10-12-26)16-19-7-4-8-23-14-19/h1-8,14,20H,9-13,15-17H2,(H,24,27)(H,28,29)/t20-/m1/s1. The van der Waals surface area contributed by atoms with Gasteiger partial charge in [-0.2, -0.15) is 0 Å². The van der Waals surface area contributed by atoms with Crippen LogP contribution in [0.2, 0.25) is 0 Å². The van der Waals surface area contributed by atoms with Gasteiger partial charge in [0.1, 0.15) is 0 Å². The lowest BCUT2D eigenvalue weighted by Crippen LogP contribution is -2.48. The van der Waals surface area contributed by atoms with E-state index in [-0.39, 0.29) is 12.3 Å². The van der Waals surface area contributed by atoms with Crippen LogP contribution in [0.4, 0.5) is 0 Å². The highest BCUT2D eigenvalue weighted by Gasteiger charge is 2.26. The Kier molecular flexibility index (Phi) is 7.72. The maximum atomic E-state index is 12.2. The monoisotopic (exact) mass is 396 g/mol. The highest BCUT2D eigenvalue weighted by Crippen LogP contribution is 2.12. The highest BCUT2D eigenvalue weighted by atomic mass is 16.4. The molecule has 7 heteroatoms. The number of nitrogens with one attached hydrogen (secondary N) is 1. The van der Waals surface area contributed by atoms with E-state index >= 15 is 0 Å². The SMILES string of the molecule is O=C(C[C@H](CN1CCN(Cc2cccnc2)CC1)C(=O)O)NCc1ccccc1. The molecular formula is C22H28N4O3. The van der Waals surface area contributed by atoms with Gasteiger partial charge in [0.05, 0.1) is 5.92 Å². The number of hydrogen-bond acceptors (Lipinski definition) is 5. The van der Waals surface area contributed by atoms with E-state index < -0.39 is 11.9 Å². The van der Waals surface area contributed by atoms with Crippen LogP contribution < -0.4 is 5.32 Å². The zero-order valence-electron chi connectivity index (χ0n) is 16.5. The molecule has 29 heavy (non-hydrogen) atoms. The lowest BCUT2D eigenvalue weighted by atomic mass is 10.0. The fourth-order valence-corrected chi connectivity index (χ4v) is 3.51. The summed E-state index contributed by atoms with van der Waals surface area (Å²) in [7, 11) is 0. The average Bonchev–Trinajstić information content (AvgIpc) is 2.74. The van der Waals surface area contributed by atoms with E-state index in [0.29, 0.717) is 13.1 Å². The van der Waals surface area contributed by atoms with Crippen LogP contribution in [0.25, 0.3) is 0 Å². The number of rotatable bonds is 9. The van der Waals surface area contributed by atoms with Gasteiger partial charge in [-0.1, -0.05) is 36.4 Å². The van der Waals surface area contributed by atoms with Gasteiger partial charge in [0.2, 0.25) is 5.91 Å². The lowest BCUT2D eigenvalue weighted by molar-refractivity contribution is -0.145. The topological polar surface area (TPSA) is 85.8 Å². The molecule has 0 radical (unpaired) electrons. The molecule has 2 aromatic rings. The number of carbonyl (C=O) groups is 2. The van der Waals surface area contributed by atoms with E-state index in [9.17, 15) is 14.7 Å². The Morgan fingerprint density at radius 3 is 2.34 bits per heavy atom. The molecule has 1 aromatic carbocycles. The van der Waals surface area contributed by atoms with Crippen LogP contribution in [0.5, 0.6) is 0 Å². The third kappa shape index (κ3) is 6.96. The summed E-state index contributed by atoms with van der Waals surface area (Å²) in [6.45, 7) is 5.02. The first-order valence-electron chi connectivity index (χ1n) is 9.97. The molecule has 154 valence electrons. The number of carboxylic acid groups (broad SMARTS) is 1. The van der Waals surface area contributed by atoms with Gasteiger partial charge in [-0.3, -0.25) is 24.4 Å². The zero-order valence-corrected chi connectivity index (χ0v) is 16.5. The number of hydrogen-bond donors (Lipinski definition) is 2. The first-order chi connectivity index (χ1) is 14.1. The highest BCUT2D eigenvalue weighted by molar-refractivity contribution is 5.82. The van der Waals surface area contributed by atoms with Crippen LogP contribution in [0.1, 0.15) is 17.5 Å². The van der Waals surface area contributed by atoms with E-state index in [0.717, 1.165) is 38.3 Å². The minimum absolute atomic E-state index is 0.00192. The van der Waals surface area contributed by atoms with Crippen LogP contribution >= 0.6 is 0 Å². The Bertz CT molecular complexity index is 777. The summed E-state index contributed by atoms with van der Waals surface area (Å²) in [5.74, 6) is -1.84. The molecule has 3 rings (SSSR count). The smallest absolute Gasteiger partial charge is 0.308 e. The van der Waals surface area contributed by atoms with Crippen LogP contribution in [0.15, 0.2) is 54.9 Å². The Labute approximate surface area is 171 Å². The van der Waals surface area contributed by atoms with Crippen molar-refractivity contribution in [1.29, 1.82) is 0 Å². The van der Waals surface area contributed by atoms with Crippen molar-refractivity contribution in [3.05, 3.63) is 66.0 Å². The predicted molar refractivity (Wildman–Crippen MR) is 110 cm³/mol. The fourth-order valence-electron chi connectivity index (χ4n) is 3.51. The number of carbonyl (C=O) groups excluding carboxylic acids is 1. The summed E-state index contributed by atoms with van der Waals surface area (Å²) in [6, 6.07) is 13.6. The maximum absolute atomic E-state index is 12.2. The van der Waals surface area contributed by atoms with E-state index in [2.05, 4.69) is 26.2 Å². The van der Waals surface area contributed by atoms with Crippen molar-refractivity contribution in [2.75, 3.05) is 32.7 Å². The summed E-state index contributed by atoms with van der Waals surface area (Å²) in [5.41, 5.74) is 2.18. The molecule has 1 aromatic heterocycles. The van der Waals surface area contributed by atoms with Gasteiger partial charge >= 0.3 is 5.97 Å². The number of pyridine rings is 1. The number of piperazine rings is 1. The van der Waals surface area contributed by atoms with Crippen molar-refractivity contribution < 1.29 is 14.7 Å². The number of aliphatic carboxylic acids is 1. The molecule has 1 fully saturated rings. The van der Waals surface area contributed by atoms with Gasteiger partial charge in [-0.15, -0.1) is 0 Å². The van der Waals surface area contributed by atoms with E-state index in [4.69, 9.17) is 0 Å². The van der Waals surface area contributed by atoms with E-state index in [1.54, 1.807) is 6.20 Å². The summed E-state index contributed by atoms with van der Waals surface area (Å²) < 4.78 is 0. The van der Waals surface area contributed by atoms with Crippen molar-refractivity contribution in [2.45, 2.75) is 19.5 Å². The van der Waals surface area contributed by atoms with Crippen molar-refractivity contribution in [3.63, 3.8) is 0 Å². The molecule has 2 N–H and O–H groups in total. The fraction of sp³-hybridized carbons (Fsp3) is 0.409. The lowest BCUT2D eigenvalue weighted by Gasteiger charge is -2.35. The van der Waals surface area contributed by atoms with Gasteiger partial charge in [0.25, 0.3) is 0 Å². The molecule has 7 nitrogen and oxygen atoms in total. The second-order valence-corrected chi connectivity index (χ2v) is 7.44. The van der Waals surface area contributed by atoms with Crippen molar-refractivity contribution in [2.24, 2.45) is 5.92 Å². The van der Waals surface area contributed by atoms with Crippen LogP contribution in [0.3, 0.4) is 0 Å². The summed E-state index contributed by atoms with van der Waals surface area (Å²) >= 11 is 0. The molecule has 1 atom stereocenters. The van der Waals surface area contributed by atoms with Crippen molar-refractivity contribution in [3.8, 4) is 0 Å². The van der Waals surface area contributed by atoms with E-state index in [1.807, 2.05) is 42.6 Å². The summed E-state index contributed by atoms with van der Waals surface area (Å²) in [4.78, 5) is 32.5. The number of carboxylic acids is 1. The molecule has 1 amide bonds. The molecule has 0 aliphatic carbocycles. The maximum Gasteiger partial charge on any atom is 0.308 e. The third-order valence-electron chi connectivity index (χ3n) is 5.19. The predicted octanol–water partition coefficient (Wildman–Crippen LogP) is 1.61. The number of nitrogens with zero attached hydrogens (tertiary/aromatic N) is 3. The molecule has 2 heterocycles. The molecule has 1 aliphatic heterocycles. The Morgan fingerprint density at radius 1 is 1.00 bits per heavy atom. The average molecular weight is 396 g/mol. The zero-order chi connectivity index (χ0) is 20.5. The quantitative estimate of drug-likeness (QED) is 0.670. The second-order valence-electron chi connectivity index (χ2n) is 7.44. The molecular weight excluding hydrogens is 368 g/mol. The van der Waals surface area contributed by atoms with Crippen LogP contribution in [0, 0.1) is 5.92 Å². The largest absolute Gasteiger partial charge is 0.481 e. The summed E-state index contributed by atoms with van der Waals surface area (Å²) in [5, 5.41) is 12.4. The van der Waals surface area contributed by atoms with Crippen LogP contribution in [-0.4, -0.2) is 64.5 Å². The molecule has 1 saturated heterocycles. The van der Waals surface area contributed by atoms with Crippen molar-refractivity contribution in [1.82, 2.24) is 20.1 Å². The third-order valence-corrected chi connectivity index (χ3v) is 5.19. The Hall–Kier alpha value is -2.77. The molecule has 0 bridgehead atoms. The van der Waals surface area contributed by atoms with Gasteiger partial charge in [-0.25, -0.2) is 0 Å². The first-order valence-corrected chi connectivity index (χ1v) is 9.97. The molecule has 0 unspecified atom stereocenters.